The van der Waals surface area contributed by atoms with Gasteiger partial charge in [-0.15, -0.1) is 16.7 Å². The number of hydrogen-bond donors (Lipinski definition) is 0. The van der Waals surface area contributed by atoms with Gasteiger partial charge in [0.2, 0.25) is 0 Å². The average molecular weight is 747 g/mol. The summed E-state index contributed by atoms with van der Waals surface area (Å²) < 4.78 is 1.36. The molecule has 240 valence electrons. The van der Waals surface area contributed by atoms with Crippen molar-refractivity contribution in [1.29, 1.82) is 0 Å². The van der Waals surface area contributed by atoms with Crippen LogP contribution in [0.25, 0.3) is 11.1 Å². The zero-order valence-corrected chi connectivity index (χ0v) is 33.3. The van der Waals surface area contributed by atoms with Crippen molar-refractivity contribution < 1.29 is 49.0 Å². The van der Waals surface area contributed by atoms with Crippen LogP contribution in [0.5, 0.6) is 0 Å². The van der Waals surface area contributed by atoms with Crippen molar-refractivity contribution in [3.63, 3.8) is 0 Å². The van der Waals surface area contributed by atoms with Gasteiger partial charge in [0.05, 0.1) is 0 Å². The van der Waals surface area contributed by atoms with Crippen LogP contribution in [0.3, 0.4) is 0 Å². The first kappa shape index (κ1) is 40.0. The second-order valence-electron chi connectivity index (χ2n) is 13.9. The van der Waals surface area contributed by atoms with E-state index in [0.29, 0.717) is 0 Å². The van der Waals surface area contributed by atoms with Crippen LogP contribution >= 0.6 is 11.6 Å². The van der Waals surface area contributed by atoms with Gasteiger partial charge >= 0.3 is 116 Å². The van der Waals surface area contributed by atoms with E-state index in [9.17, 15) is 0 Å². The van der Waals surface area contributed by atoms with Crippen molar-refractivity contribution in [3.05, 3.63) is 158 Å². The maximum Gasteiger partial charge on any atom is -0.172 e. The summed E-state index contributed by atoms with van der Waals surface area (Å²) in [4.78, 5) is 0. The van der Waals surface area contributed by atoms with Crippen molar-refractivity contribution in [2.75, 3.05) is 0 Å². The molecule has 0 saturated heterocycles. The number of benzene rings is 4. The van der Waals surface area contributed by atoms with Gasteiger partial charge in [-0.2, -0.15) is 35.9 Å². The predicted octanol–water partition coefficient (Wildman–Crippen LogP) is 5.45. The summed E-state index contributed by atoms with van der Waals surface area (Å²) in [5, 5.41) is 0.788. The molecule has 4 heteroatoms. The smallest absolute Gasteiger partial charge is 0.172 e. The third-order valence-electron chi connectivity index (χ3n) is 8.11. The van der Waals surface area contributed by atoms with E-state index in [1.807, 2.05) is 42.5 Å². The Morgan fingerprint density at radius 3 is 1.70 bits per heavy atom. The fourth-order valence-corrected chi connectivity index (χ4v) is 6.79. The van der Waals surface area contributed by atoms with Crippen molar-refractivity contribution in [3.8, 4) is 11.1 Å². The Morgan fingerprint density at radius 2 is 1.22 bits per heavy atom. The number of hydrogen-bond acceptors (Lipinski definition) is 0. The van der Waals surface area contributed by atoms with Crippen LogP contribution in [0.2, 0.25) is 5.02 Å². The Hall–Kier alpha value is -2.15. The Balaban J connectivity index is 0.000000278. The van der Waals surface area contributed by atoms with E-state index in [2.05, 4.69) is 123 Å². The van der Waals surface area contributed by atoms with Gasteiger partial charge in [-0.1, -0.05) is 71.6 Å². The third-order valence-corrected chi connectivity index (χ3v) is 9.78. The molecule has 46 heavy (non-hydrogen) atoms. The molecule has 0 heterocycles. The van der Waals surface area contributed by atoms with Gasteiger partial charge in [-0.05, 0) is 35.4 Å². The molecule has 0 aromatic heterocycles. The number of halogens is 3. The SMILES string of the molecule is Cc1[c-]c2c(cc1C(C)(C)C)-c1cc(C(C)(C)C)c(C)cc1C2.Cc1ccc([C](=[Zr+2])c2ccc(Cl)cc2)cc1.[Cl-].[Cl-].c1cc[cH-]c1. The van der Waals surface area contributed by atoms with Crippen molar-refractivity contribution in [1.82, 2.24) is 0 Å². The molecular weight excluding hydrogens is 702 g/mol. The standard InChI is InChI=1S/C23H29.C14H11Cl.C5H5.2ClH.Zr/c1-14-9-16-11-17-10-15(2)21(23(6,7)8)13-19(17)18(16)12-20(14)22(3,4)5;1-11-2-4-12(5-3-11)10-13-6-8-14(15)9-7-13;1-2-4-5-3-1;;;/h9,12-13H,11H2,1-8H3;2-9H,1H3;1-5H;2*1H;/q-1;;-1;;;+2/p-2. The van der Waals surface area contributed by atoms with E-state index in [4.69, 9.17) is 11.6 Å². The van der Waals surface area contributed by atoms with Crippen LogP contribution in [0, 0.1) is 26.8 Å². The predicted molar refractivity (Wildman–Crippen MR) is 188 cm³/mol. The molecule has 5 aromatic rings. The summed E-state index contributed by atoms with van der Waals surface area (Å²) >= 11 is 7.30. The summed E-state index contributed by atoms with van der Waals surface area (Å²) in [6.45, 7) is 20.4. The molecule has 0 spiro atoms. The molecule has 0 saturated carbocycles. The summed E-state index contributed by atoms with van der Waals surface area (Å²) in [5.74, 6) is 0. The molecule has 6 rings (SSSR count). The fraction of sp³-hybridized carbons (Fsp3) is 0.286. The molecule has 0 fully saturated rings. The molecule has 0 unspecified atom stereocenters. The van der Waals surface area contributed by atoms with E-state index in [0.717, 1.165) is 11.4 Å². The molecule has 1 aliphatic rings. The van der Waals surface area contributed by atoms with Crippen molar-refractivity contribution in [2.24, 2.45) is 0 Å². The van der Waals surface area contributed by atoms with Gasteiger partial charge in [0.1, 0.15) is 0 Å². The maximum absolute atomic E-state index is 5.88. The number of rotatable bonds is 2. The fourth-order valence-electron chi connectivity index (χ4n) is 5.85. The second-order valence-corrected chi connectivity index (χ2v) is 15.6. The van der Waals surface area contributed by atoms with Gasteiger partial charge in [0, 0.05) is 0 Å². The monoisotopic (exact) mass is 744 g/mol. The van der Waals surface area contributed by atoms with Gasteiger partial charge in [0.15, 0.2) is 0 Å². The van der Waals surface area contributed by atoms with Crippen LogP contribution < -0.4 is 24.8 Å². The number of fused-ring (bicyclic) bond motifs is 3. The summed E-state index contributed by atoms with van der Waals surface area (Å²) in [5.41, 5.74) is 15.5. The quantitative estimate of drug-likeness (QED) is 0.207. The third kappa shape index (κ3) is 10.2. The van der Waals surface area contributed by atoms with Gasteiger partial charge in [-0.3, -0.25) is 0 Å². The second kappa shape index (κ2) is 16.8. The summed E-state index contributed by atoms with van der Waals surface area (Å²) in [7, 11) is 0. The normalized spacial score (nSPS) is 11.4. The molecule has 0 radical (unpaired) electrons. The molecule has 0 bridgehead atoms. The first-order valence-electron chi connectivity index (χ1n) is 15.4. The van der Waals surface area contributed by atoms with E-state index in [-0.39, 0.29) is 35.6 Å². The van der Waals surface area contributed by atoms with E-state index < -0.39 is 0 Å². The molecule has 0 N–H and O–H groups in total. The van der Waals surface area contributed by atoms with Crippen LogP contribution in [0.4, 0.5) is 0 Å². The minimum absolute atomic E-state index is 0. The van der Waals surface area contributed by atoms with Gasteiger partial charge in [-0.25, -0.2) is 12.1 Å². The Labute approximate surface area is 310 Å². The molecule has 0 atom stereocenters. The molecule has 0 nitrogen and oxygen atoms in total. The topological polar surface area (TPSA) is 0 Å². The van der Waals surface area contributed by atoms with E-state index in [1.54, 1.807) is 0 Å². The molecule has 0 amide bonds. The number of aryl methyl sites for hydroxylation is 3. The molecule has 1 aliphatic carbocycles. The zero-order chi connectivity index (χ0) is 32.2. The van der Waals surface area contributed by atoms with Crippen LogP contribution in [-0.4, -0.2) is 3.21 Å². The summed E-state index contributed by atoms with van der Waals surface area (Å²) in [6, 6.07) is 37.6. The molecule has 0 aliphatic heterocycles. The summed E-state index contributed by atoms with van der Waals surface area (Å²) in [6.07, 6.45) is 1.03. The average Bonchev–Trinajstić information content (AvgIpc) is 3.63. The first-order chi connectivity index (χ1) is 20.6. The molecule has 5 aromatic carbocycles. The van der Waals surface area contributed by atoms with Crippen LogP contribution in [0.15, 0.2) is 97.1 Å². The Morgan fingerprint density at radius 1 is 0.717 bits per heavy atom. The zero-order valence-electron chi connectivity index (χ0n) is 28.6. The Kier molecular flexibility index (Phi) is 14.6. The van der Waals surface area contributed by atoms with E-state index in [1.165, 1.54) is 88.6 Å². The van der Waals surface area contributed by atoms with Crippen molar-refractivity contribution >= 4 is 14.8 Å². The van der Waals surface area contributed by atoms with Gasteiger partial charge < -0.3 is 24.8 Å². The largest absolute Gasteiger partial charge is 1.00 e. The minimum atomic E-state index is 0. The minimum Gasteiger partial charge on any atom is -1.00 e. The van der Waals surface area contributed by atoms with Crippen molar-refractivity contribution in [2.45, 2.75) is 79.6 Å². The molecular formula is C42H45Cl3Zr-2. The van der Waals surface area contributed by atoms with Crippen LogP contribution in [-0.2, 0) is 41.5 Å². The first-order valence-corrected chi connectivity index (χ1v) is 17.0. The van der Waals surface area contributed by atoms with Gasteiger partial charge in [0.25, 0.3) is 0 Å². The van der Waals surface area contributed by atoms with Crippen LogP contribution in [0.1, 0.15) is 91.6 Å². The maximum atomic E-state index is 5.88. The van der Waals surface area contributed by atoms with E-state index >= 15 is 0 Å². The Bertz CT molecular complexity index is 1580.